The van der Waals surface area contributed by atoms with E-state index in [-0.39, 0.29) is 11.3 Å². The van der Waals surface area contributed by atoms with Crippen LogP contribution in [0.15, 0.2) is 24.5 Å². The first kappa shape index (κ1) is 12.8. The van der Waals surface area contributed by atoms with Gasteiger partial charge >= 0.3 is 0 Å². The Balaban J connectivity index is 1.87. The molecule has 0 radical (unpaired) electrons. The Morgan fingerprint density at radius 3 is 2.95 bits per heavy atom. The van der Waals surface area contributed by atoms with Crippen LogP contribution in [0.3, 0.4) is 0 Å². The first-order valence-corrected chi connectivity index (χ1v) is 7.17. The monoisotopic (exact) mass is 259 g/mol. The summed E-state index contributed by atoms with van der Waals surface area (Å²) < 4.78 is 0. The first-order valence-electron chi connectivity index (χ1n) is 7.17. The van der Waals surface area contributed by atoms with Crippen molar-refractivity contribution in [1.82, 2.24) is 4.98 Å². The number of pyridine rings is 1. The van der Waals surface area contributed by atoms with E-state index in [1.807, 2.05) is 12.3 Å². The summed E-state index contributed by atoms with van der Waals surface area (Å²) in [7, 11) is 0. The lowest BCUT2D eigenvalue weighted by Gasteiger charge is -2.48. The number of fused-ring (bicyclic) bond motifs is 1. The minimum atomic E-state index is -0.683. The van der Waals surface area contributed by atoms with Gasteiger partial charge in [-0.25, -0.2) is 0 Å². The third-order valence-electron chi connectivity index (χ3n) is 5.67. The van der Waals surface area contributed by atoms with E-state index in [1.165, 1.54) is 5.56 Å². The molecule has 0 aromatic carbocycles. The lowest BCUT2D eigenvalue weighted by atomic mass is 9.59. The number of aliphatic hydroxyl groups is 1. The third-order valence-corrected chi connectivity index (χ3v) is 5.67. The molecule has 102 valence electrons. The molecule has 2 saturated carbocycles. The molecule has 0 saturated heterocycles. The van der Waals surface area contributed by atoms with Crippen LogP contribution < -0.4 is 0 Å². The summed E-state index contributed by atoms with van der Waals surface area (Å²) in [6.07, 6.45) is 9.05. The van der Waals surface area contributed by atoms with Gasteiger partial charge in [0, 0.05) is 23.7 Å². The molecule has 1 N–H and O–H groups in total. The van der Waals surface area contributed by atoms with E-state index in [1.54, 1.807) is 6.20 Å². The van der Waals surface area contributed by atoms with Gasteiger partial charge in [-0.15, -0.1) is 0 Å². The maximum absolute atomic E-state index is 11.2. The molecule has 1 heterocycles. The Kier molecular flexibility index (Phi) is 2.97. The van der Waals surface area contributed by atoms with E-state index in [0.29, 0.717) is 5.92 Å². The van der Waals surface area contributed by atoms with Crippen molar-refractivity contribution in [2.24, 2.45) is 11.3 Å². The van der Waals surface area contributed by atoms with Crippen LogP contribution in [0.5, 0.6) is 0 Å². The van der Waals surface area contributed by atoms with Gasteiger partial charge in [0.2, 0.25) is 0 Å². The molecule has 3 nitrogen and oxygen atoms in total. The highest BCUT2D eigenvalue weighted by Gasteiger charge is 2.58. The van der Waals surface area contributed by atoms with Crippen molar-refractivity contribution in [3.05, 3.63) is 30.1 Å². The van der Waals surface area contributed by atoms with E-state index >= 15 is 0 Å². The number of hydrogen-bond donors (Lipinski definition) is 1. The van der Waals surface area contributed by atoms with Crippen molar-refractivity contribution in [1.29, 1.82) is 0 Å². The van der Waals surface area contributed by atoms with Crippen molar-refractivity contribution in [3.63, 3.8) is 0 Å². The normalized spacial score (nSPS) is 41.8. The van der Waals surface area contributed by atoms with E-state index in [0.717, 1.165) is 38.4 Å². The average Bonchev–Trinajstić information content (AvgIpc) is 2.70. The molecule has 0 bridgehead atoms. The highest BCUT2D eigenvalue weighted by atomic mass is 16.3. The molecule has 2 aliphatic carbocycles. The SMILES string of the molecule is C[C@]12CC[C@H](c3cccnc3)C[C@@]1(O)CC[C@@H]2C=O. The summed E-state index contributed by atoms with van der Waals surface area (Å²) in [6.45, 7) is 2.10. The second-order valence-electron chi connectivity index (χ2n) is 6.46. The van der Waals surface area contributed by atoms with Gasteiger partial charge in [-0.3, -0.25) is 4.98 Å². The van der Waals surface area contributed by atoms with E-state index in [2.05, 4.69) is 18.0 Å². The maximum Gasteiger partial charge on any atom is 0.123 e. The summed E-state index contributed by atoms with van der Waals surface area (Å²) in [5.74, 6) is 0.393. The molecule has 0 amide bonds. The standard InChI is InChI=1S/C16H21NO2/c1-15-6-4-12(13-3-2-8-17-10-13)9-16(15,19)7-5-14(15)11-18/h2-3,8,10-12,14,19H,4-7,9H2,1H3/t12-,14+,15+,16-/m0/s1. The fourth-order valence-electron chi connectivity index (χ4n) is 4.20. The quantitative estimate of drug-likeness (QED) is 0.831. The average molecular weight is 259 g/mol. The molecule has 3 rings (SSSR count). The van der Waals surface area contributed by atoms with Crippen LogP contribution in [-0.2, 0) is 4.79 Å². The lowest BCUT2D eigenvalue weighted by Crippen LogP contribution is -2.49. The molecular weight excluding hydrogens is 238 g/mol. The molecule has 1 aromatic rings. The van der Waals surface area contributed by atoms with Crippen LogP contribution in [0.25, 0.3) is 0 Å². The van der Waals surface area contributed by atoms with Gasteiger partial charge in [-0.05, 0) is 49.7 Å². The van der Waals surface area contributed by atoms with Crippen LogP contribution in [0.4, 0.5) is 0 Å². The van der Waals surface area contributed by atoms with Crippen LogP contribution in [0.2, 0.25) is 0 Å². The predicted octanol–water partition coefficient (Wildman–Crippen LogP) is 2.70. The highest BCUT2D eigenvalue weighted by Crippen LogP contribution is 2.59. The topological polar surface area (TPSA) is 50.2 Å². The number of hydrogen-bond acceptors (Lipinski definition) is 3. The highest BCUT2D eigenvalue weighted by molar-refractivity contribution is 5.57. The Labute approximate surface area is 114 Å². The summed E-state index contributed by atoms with van der Waals surface area (Å²) in [5.41, 5.74) is 0.303. The molecule has 0 spiro atoms. The number of nitrogens with zero attached hydrogens (tertiary/aromatic N) is 1. The Hall–Kier alpha value is -1.22. The van der Waals surface area contributed by atoms with Crippen molar-refractivity contribution in [2.75, 3.05) is 0 Å². The molecule has 3 heteroatoms. The van der Waals surface area contributed by atoms with Crippen LogP contribution >= 0.6 is 0 Å². The molecule has 2 fully saturated rings. The van der Waals surface area contributed by atoms with Gasteiger partial charge in [0.05, 0.1) is 5.60 Å². The largest absolute Gasteiger partial charge is 0.389 e. The van der Waals surface area contributed by atoms with Crippen molar-refractivity contribution >= 4 is 6.29 Å². The Morgan fingerprint density at radius 2 is 2.26 bits per heavy atom. The van der Waals surface area contributed by atoms with Gasteiger partial charge in [0.15, 0.2) is 0 Å². The minimum absolute atomic E-state index is 0.0207. The van der Waals surface area contributed by atoms with Crippen molar-refractivity contribution in [3.8, 4) is 0 Å². The van der Waals surface area contributed by atoms with Crippen LogP contribution in [-0.4, -0.2) is 22.0 Å². The number of carbonyl (C=O) groups is 1. The molecule has 1 aromatic heterocycles. The van der Waals surface area contributed by atoms with Gasteiger partial charge < -0.3 is 9.90 Å². The van der Waals surface area contributed by atoms with E-state index < -0.39 is 5.60 Å². The fourth-order valence-corrected chi connectivity index (χ4v) is 4.20. The molecular formula is C16H21NO2. The number of aromatic nitrogens is 1. The summed E-state index contributed by atoms with van der Waals surface area (Å²) in [4.78, 5) is 15.4. The summed E-state index contributed by atoms with van der Waals surface area (Å²) >= 11 is 0. The number of rotatable bonds is 2. The predicted molar refractivity (Wildman–Crippen MR) is 72.7 cm³/mol. The fraction of sp³-hybridized carbons (Fsp3) is 0.625. The Bertz CT molecular complexity index is 475. The molecule has 0 aliphatic heterocycles. The lowest BCUT2D eigenvalue weighted by molar-refractivity contribution is -0.128. The van der Waals surface area contributed by atoms with Crippen molar-refractivity contribution in [2.45, 2.75) is 50.5 Å². The van der Waals surface area contributed by atoms with Gasteiger partial charge in [0.1, 0.15) is 6.29 Å². The summed E-state index contributed by atoms with van der Waals surface area (Å²) in [5, 5.41) is 11.0. The van der Waals surface area contributed by atoms with Crippen LogP contribution in [0.1, 0.15) is 50.5 Å². The zero-order valence-electron chi connectivity index (χ0n) is 11.4. The minimum Gasteiger partial charge on any atom is -0.389 e. The first-order chi connectivity index (χ1) is 9.09. The van der Waals surface area contributed by atoms with Gasteiger partial charge in [-0.1, -0.05) is 13.0 Å². The van der Waals surface area contributed by atoms with Crippen molar-refractivity contribution < 1.29 is 9.90 Å². The van der Waals surface area contributed by atoms with E-state index in [4.69, 9.17) is 0 Å². The molecule has 19 heavy (non-hydrogen) atoms. The third kappa shape index (κ3) is 1.83. The molecule has 2 aliphatic rings. The second-order valence-corrected chi connectivity index (χ2v) is 6.46. The van der Waals surface area contributed by atoms with Gasteiger partial charge in [0.25, 0.3) is 0 Å². The zero-order chi connectivity index (χ0) is 13.5. The Morgan fingerprint density at radius 1 is 1.42 bits per heavy atom. The zero-order valence-corrected chi connectivity index (χ0v) is 11.4. The van der Waals surface area contributed by atoms with Gasteiger partial charge in [-0.2, -0.15) is 0 Å². The molecule has 0 unspecified atom stereocenters. The number of carbonyl (C=O) groups excluding carboxylic acids is 1. The van der Waals surface area contributed by atoms with Crippen LogP contribution in [0, 0.1) is 11.3 Å². The van der Waals surface area contributed by atoms with E-state index in [9.17, 15) is 9.90 Å². The summed E-state index contributed by atoms with van der Waals surface area (Å²) in [6, 6.07) is 4.05. The second kappa shape index (κ2) is 4.41. The molecule has 4 atom stereocenters. The maximum atomic E-state index is 11.2. The smallest absolute Gasteiger partial charge is 0.123 e. The number of aldehydes is 1.